The van der Waals surface area contributed by atoms with Crippen LogP contribution in [-0.2, 0) is 17.6 Å². The van der Waals surface area contributed by atoms with Crippen molar-refractivity contribution in [1.82, 2.24) is 15.3 Å². The molecule has 7 heteroatoms. The number of rotatable bonds is 7. The second kappa shape index (κ2) is 9.68. The predicted molar refractivity (Wildman–Crippen MR) is 121 cm³/mol. The second-order valence-electron chi connectivity index (χ2n) is 8.17. The van der Waals surface area contributed by atoms with Gasteiger partial charge in [-0.25, -0.2) is 4.98 Å². The lowest BCUT2D eigenvalue weighted by molar-refractivity contribution is -0.121. The van der Waals surface area contributed by atoms with E-state index >= 15 is 0 Å². The number of amides is 1. The summed E-state index contributed by atoms with van der Waals surface area (Å²) in [5, 5.41) is 3.12. The van der Waals surface area contributed by atoms with Gasteiger partial charge in [-0.2, -0.15) is 0 Å². The van der Waals surface area contributed by atoms with Gasteiger partial charge in [-0.3, -0.25) is 9.59 Å². The van der Waals surface area contributed by atoms with Gasteiger partial charge in [0.25, 0.3) is 5.56 Å². The van der Waals surface area contributed by atoms with Gasteiger partial charge in [0.1, 0.15) is 19.0 Å². The molecule has 1 amide bonds. The maximum atomic E-state index is 12.9. The standard InChI is InChI=1S/C25H27N3O4/c1-16(2)25-26-19(15-24(30)28-25)14-20(18-6-4-3-5-7-18)27-23(29)13-17-8-9-21-22(12-17)32-11-10-31-21/h3-9,12,15-16,20H,10-11,13-14H2,1-2H3,(H,27,29)(H,26,28,30)/t20-/m0/s1. The van der Waals surface area contributed by atoms with E-state index in [1.807, 2.05) is 62.4 Å². The number of carbonyl (C=O) groups excluding carboxylic acids is 1. The van der Waals surface area contributed by atoms with E-state index < -0.39 is 0 Å². The van der Waals surface area contributed by atoms with Crippen LogP contribution in [0.1, 0.15) is 48.5 Å². The number of nitrogens with one attached hydrogen (secondary N) is 2. The third kappa shape index (κ3) is 5.35. The van der Waals surface area contributed by atoms with E-state index in [4.69, 9.17) is 9.47 Å². The molecule has 32 heavy (non-hydrogen) atoms. The number of nitrogens with zero attached hydrogens (tertiary/aromatic N) is 1. The van der Waals surface area contributed by atoms with Crippen molar-refractivity contribution in [3.8, 4) is 11.5 Å². The van der Waals surface area contributed by atoms with Gasteiger partial charge < -0.3 is 19.8 Å². The zero-order chi connectivity index (χ0) is 22.5. The molecule has 2 aromatic carbocycles. The second-order valence-corrected chi connectivity index (χ2v) is 8.17. The fourth-order valence-electron chi connectivity index (χ4n) is 3.68. The molecule has 0 unspecified atom stereocenters. The Bertz CT molecular complexity index is 1140. The minimum atomic E-state index is -0.310. The molecule has 3 aromatic rings. The van der Waals surface area contributed by atoms with Crippen LogP contribution in [0, 0.1) is 0 Å². The van der Waals surface area contributed by atoms with Crippen LogP contribution < -0.4 is 20.3 Å². The fourth-order valence-corrected chi connectivity index (χ4v) is 3.68. The third-order valence-electron chi connectivity index (χ3n) is 5.28. The van der Waals surface area contributed by atoms with Crippen LogP contribution in [0.4, 0.5) is 0 Å². The quantitative estimate of drug-likeness (QED) is 0.596. The topological polar surface area (TPSA) is 93.3 Å². The summed E-state index contributed by atoms with van der Waals surface area (Å²) < 4.78 is 11.2. The molecular weight excluding hydrogens is 406 g/mol. The molecule has 7 nitrogen and oxygen atoms in total. The molecule has 0 aliphatic carbocycles. The van der Waals surface area contributed by atoms with Gasteiger partial charge in [0.05, 0.1) is 18.2 Å². The summed E-state index contributed by atoms with van der Waals surface area (Å²) in [5.74, 6) is 1.98. The van der Waals surface area contributed by atoms with Gasteiger partial charge in [0.2, 0.25) is 5.91 Å². The first-order valence-corrected chi connectivity index (χ1v) is 10.8. The van der Waals surface area contributed by atoms with Gasteiger partial charge in [-0.05, 0) is 23.3 Å². The normalized spacial score (nSPS) is 13.6. The van der Waals surface area contributed by atoms with Gasteiger partial charge in [0.15, 0.2) is 11.5 Å². The molecule has 2 N–H and O–H groups in total. The van der Waals surface area contributed by atoms with Crippen LogP contribution in [0.5, 0.6) is 11.5 Å². The summed E-state index contributed by atoms with van der Waals surface area (Å²) in [6, 6.07) is 16.5. The Labute approximate surface area is 186 Å². The first-order valence-electron chi connectivity index (χ1n) is 10.8. The highest BCUT2D eigenvalue weighted by molar-refractivity contribution is 5.79. The van der Waals surface area contributed by atoms with E-state index in [1.54, 1.807) is 0 Å². The van der Waals surface area contributed by atoms with E-state index in [9.17, 15) is 9.59 Å². The first-order chi connectivity index (χ1) is 15.5. The van der Waals surface area contributed by atoms with Crippen LogP contribution >= 0.6 is 0 Å². The van der Waals surface area contributed by atoms with Crippen LogP contribution in [0.2, 0.25) is 0 Å². The maximum absolute atomic E-state index is 12.9. The van der Waals surface area contributed by atoms with Crippen LogP contribution in [0.3, 0.4) is 0 Å². The lowest BCUT2D eigenvalue weighted by atomic mass is 10.0. The maximum Gasteiger partial charge on any atom is 0.251 e. The van der Waals surface area contributed by atoms with Gasteiger partial charge in [0, 0.05) is 18.4 Å². The number of hydrogen-bond acceptors (Lipinski definition) is 5. The van der Waals surface area contributed by atoms with Crippen molar-refractivity contribution in [2.24, 2.45) is 0 Å². The molecule has 0 fully saturated rings. The average molecular weight is 434 g/mol. The van der Waals surface area contributed by atoms with Gasteiger partial charge >= 0.3 is 0 Å². The van der Waals surface area contributed by atoms with Crippen molar-refractivity contribution < 1.29 is 14.3 Å². The number of H-pyrrole nitrogens is 1. The summed E-state index contributed by atoms with van der Waals surface area (Å²) in [7, 11) is 0. The predicted octanol–water partition coefficient (Wildman–Crippen LogP) is 3.31. The largest absolute Gasteiger partial charge is 0.486 e. The highest BCUT2D eigenvalue weighted by Crippen LogP contribution is 2.31. The molecule has 166 valence electrons. The highest BCUT2D eigenvalue weighted by Gasteiger charge is 2.19. The SMILES string of the molecule is CC(C)c1nc(C[C@H](NC(=O)Cc2ccc3c(c2)OCCO3)c2ccccc2)cc(=O)[nH]1. The third-order valence-corrected chi connectivity index (χ3v) is 5.28. The molecule has 0 radical (unpaired) electrons. The van der Waals surface area contributed by atoms with E-state index in [-0.39, 0.29) is 29.8 Å². The minimum absolute atomic E-state index is 0.0997. The minimum Gasteiger partial charge on any atom is -0.486 e. The molecule has 1 aromatic heterocycles. The smallest absolute Gasteiger partial charge is 0.251 e. The molecule has 1 atom stereocenters. The molecule has 1 aliphatic rings. The highest BCUT2D eigenvalue weighted by atomic mass is 16.6. The first kappa shape index (κ1) is 21.6. The summed E-state index contributed by atoms with van der Waals surface area (Å²) in [6.45, 7) is 4.98. The van der Waals surface area contributed by atoms with Crippen molar-refractivity contribution in [3.63, 3.8) is 0 Å². The summed E-state index contributed by atoms with van der Waals surface area (Å²) >= 11 is 0. The molecular formula is C25H27N3O4. The van der Waals surface area contributed by atoms with Gasteiger partial charge in [-0.15, -0.1) is 0 Å². The number of benzene rings is 2. The number of fused-ring (bicyclic) bond motifs is 1. The number of aromatic nitrogens is 2. The number of ether oxygens (including phenoxy) is 2. The molecule has 4 rings (SSSR count). The summed E-state index contributed by atoms with van der Waals surface area (Å²) in [4.78, 5) is 32.4. The van der Waals surface area contributed by atoms with Crippen molar-refractivity contribution >= 4 is 5.91 Å². The Morgan fingerprint density at radius 2 is 1.81 bits per heavy atom. The summed E-state index contributed by atoms with van der Waals surface area (Å²) in [6.07, 6.45) is 0.626. The molecule has 0 spiro atoms. The van der Waals surface area contributed by atoms with Crippen molar-refractivity contribution in [2.45, 2.75) is 38.6 Å². The van der Waals surface area contributed by atoms with Crippen molar-refractivity contribution in [1.29, 1.82) is 0 Å². The molecule has 1 aliphatic heterocycles. The van der Waals surface area contributed by atoms with E-state index in [1.165, 1.54) is 6.07 Å². The van der Waals surface area contributed by atoms with E-state index in [0.29, 0.717) is 42.7 Å². The fraction of sp³-hybridized carbons (Fsp3) is 0.320. The monoisotopic (exact) mass is 433 g/mol. The Kier molecular flexibility index (Phi) is 6.54. The van der Waals surface area contributed by atoms with E-state index in [2.05, 4.69) is 15.3 Å². The van der Waals surface area contributed by atoms with Gasteiger partial charge in [-0.1, -0.05) is 50.2 Å². The van der Waals surface area contributed by atoms with Crippen molar-refractivity contribution in [2.75, 3.05) is 13.2 Å². The number of carbonyl (C=O) groups is 1. The lowest BCUT2D eigenvalue weighted by Crippen LogP contribution is -2.32. The molecule has 0 saturated carbocycles. The van der Waals surface area contributed by atoms with E-state index in [0.717, 1.165) is 11.1 Å². The Morgan fingerprint density at radius 1 is 1.06 bits per heavy atom. The Hall–Kier alpha value is -3.61. The number of aromatic amines is 1. The molecule has 2 heterocycles. The van der Waals surface area contributed by atoms with Crippen molar-refractivity contribution in [3.05, 3.63) is 87.6 Å². The van der Waals surface area contributed by atoms with Crippen LogP contribution in [-0.4, -0.2) is 29.1 Å². The Balaban J connectivity index is 1.52. The summed E-state index contributed by atoms with van der Waals surface area (Å²) in [5.41, 5.74) is 2.25. The molecule has 0 saturated heterocycles. The zero-order valence-electron chi connectivity index (χ0n) is 18.3. The van der Waals surface area contributed by atoms with Crippen LogP contribution in [0.15, 0.2) is 59.4 Å². The van der Waals surface area contributed by atoms with Crippen LogP contribution in [0.25, 0.3) is 0 Å². The average Bonchev–Trinajstić information content (AvgIpc) is 2.78. The molecule has 0 bridgehead atoms. The zero-order valence-corrected chi connectivity index (χ0v) is 18.3. The Morgan fingerprint density at radius 3 is 2.56 bits per heavy atom. The number of hydrogen-bond donors (Lipinski definition) is 2. The lowest BCUT2D eigenvalue weighted by Gasteiger charge is -2.21.